The molecule has 1 rings (SSSR count). The molecule has 0 aliphatic rings. The van der Waals surface area contributed by atoms with Gasteiger partial charge in [0.25, 0.3) is 0 Å². The van der Waals surface area contributed by atoms with Gasteiger partial charge in [0.15, 0.2) is 9.84 Å². The zero-order valence-corrected chi connectivity index (χ0v) is 11.4. The third kappa shape index (κ3) is 3.46. The van der Waals surface area contributed by atoms with Crippen LogP contribution in [-0.4, -0.2) is 24.9 Å². The van der Waals surface area contributed by atoms with Gasteiger partial charge in [-0.15, -0.1) is 11.3 Å². The molecular weight excluding hydrogens is 289 g/mol. The maximum Gasteiger partial charge on any atom is 0.425 e. The van der Waals surface area contributed by atoms with Crippen molar-refractivity contribution in [1.82, 2.24) is 0 Å². The molecule has 0 aliphatic carbocycles. The summed E-state index contributed by atoms with van der Waals surface area (Å²) in [5.74, 6) is -0.711. The molecule has 1 N–H and O–H groups in total. The van der Waals surface area contributed by atoms with Gasteiger partial charge in [-0.2, -0.15) is 13.2 Å². The molecule has 0 fully saturated rings. The average Bonchev–Trinajstić information content (AvgIpc) is 2.63. The third-order valence-corrected chi connectivity index (χ3v) is 5.85. The molecule has 18 heavy (non-hydrogen) atoms. The predicted octanol–water partition coefficient (Wildman–Crippen LogP) is 2.45. The summed E-state index contributed by atoms with van der Waals surface area (Å²) in [6.45, 7) is 2.57. The smallest absolute Gasteiger partial charge is 0.392 e. The van der Waals surface area contributed by atoms with Crippen LogP contribution in [0.15, 0.2) is 11.4 Å². The maximum atomic E-state index is 12.6. The van der Waals surface area contributed by atoms with Crippen molar-refractivity contribution in [3.8, 4) is 0 Å². The molecule has 0 bridgehead atoms. The molecule has 0 saturated heterocycles. The van der Waals surface area contributed by atoms with E-state index in [1.54, 1.807) is 0 Å². The van der Waals surface area contributed by atoms with Crippen molar-refractivity contribution in [3.05, 3.63) is 21.9 Å². The highest BCUT2D eigenvalue weighted by Gasteiger charge is 2.37. The normalized spacial score (nSPS) is 16.6. The second-order valence-electron chi connectivity index (χ2n) is 4.03. The number of rotatable bonds is 4. The molecular formula is C10H13F3O3S2. The van der Waals surface area contributed by atoms with Crippen LogP contribution in [0.1, 0.15) is 24.3 Å². The molecule has 1 heterocycles. The average molecular weight is 302 g/mol. The molecule has 0 amide bonds. The Morgan fingerprint density at radius 3 is 2.39 bits per heavy atom. The van der Waals surface area contributed by atoms with Gasteiger partial charge in [-0.1, -0.05) is 0 Å². The van der Waals surface area contributed by atoms with Gasteiger partial charge in [0.05, 0.1) is 17.1 Å². The van der Waals surface area contributed by atoms with Gasteiger partial charge < -0.3 is 5.11 Å². The van der Waals surface area contributed by atoms with E-state index in [2.05, 4.69) is 0 Å². The van der Waals surface area contributed by atoms with Gasteiger partial charge in [-0.05, 0) is 30.9 Å². The third-order valence-electron chi connectivity index (χ3n) is 2.61. The quantitative estimate of drug-likeness (QED) is 0.929. The number of aliphatic hydroxyl groups excluding tert-OH is 1. The number of halogens is 3. The number of sulfone groups is 1. The molecule has 0 radical (unpaired) electrons. The van der Waals surface area contributed by atoms with Crippen molar-refractivity contribution in [2.24, 2.45) is 0 Å². The van der Waals surface area contributed by atoms with Crippen LogP contribution in [0.5, 0.6) is 0 Å². The van der Waals surface area contributed by atoms with Gasteiger partial charge in [-0.25, -0.2) is 8.42 Å². The van der Waals surface area contributed by atoms with Crippen LogP contribution in [0.25, 0.3) is 0 Å². The molecule has 1 aromatic heterocycles. The summed E-state index contributed by atoms with van der Waals surface area (Å²) in [5, 5.41) is 9.33. The maximum absolute atomic E-state index is 12.6. The fourth-order valence-corrected chi connectivity index (χ4v) is 3.77. The molecule has 0 unspecified atom stereocenters. The van der Waals surface area contributed by atoms with E-state index in [0.717, 1.165) is 6.07 Å². The first-order valence-electron chi connectivity index (χ1n) is 5.09. The molecule has 3 nitrogen and oxygen atoms in total. The molecule has 0 aromatic carbocycles. The van der Waals surface area contributed by atoms with Crippen LogP contribution in [-0.2, 0) is 21.8 Å². The lowest BCUT2D eigenvalue weighted by Gasteiger charge is -2.16. The molecule has 0 aliphatic heterocycles. The Morgan fingerprint density at radius 2 is 1.94 bits per heavy atom. The topological polar surface area (TPSA) is 54.4 Å². The lowest BCUT2D eigenvalue weighted by atomic mass is 10.3. The summed E-state index contributed by atoms with van der Waals surface area (Å²) in [6.07, 6.45) is -5.67. The van der Waals surface area contributed by atoms with E-state index in [1.807, 2.05) is 0 Å². The number of aliphatic hydroxyl groups is 1. The minimum Gasteiger partial charge on any atom is -0.392 e. The van der Waals surface area contributed by atoms with E-state index < -0.39 is 38.0 Å². The van der Waals surface area contributed by atoms with E-state index in [9.17, 15) is 26.7 Å². The van der Waals surface area contributed by atoms with Crippen LogP contribution in [0.3, 0.4) is 0 Å². The van der Waals surface area contributed by atoms with Crippen molar-refractivity contribution < 1.29 is 26.7 Å². The molecule has 2 atom stereocenters. The van der Waals surface area contributed by atoms with Crippen LogP contribution in [0.4, 0.5) is 13.2 Å². The highest BCUT2D eigenvalue weighted by molar-refractivity contribution is 7.91. The minimum atomic E-state index is -4.55. The number of hydrogen-bond donors (Lipinski definition) is 1. The highest BCUT2D eigenvalue weighted by atomic mass is 32.2. The van der Waals surface area contributed by atoms with Gasteiger partial charge in [0, 0.05) is 0 Å². The monoisotopic (exact) mass is 302 g/mol. The van der Waals surface area contributed by atoms with Crippen molar-refractivity contribution in [2.75, 3.05) is 0 Å². The lowest BCUT2D eigenvalue weighted by molar-refractivity contribution is -0.134. The Morgan fingerprint density at radius 1 is 1.39 bits per heavy atom. The summed E-state index contributed by atoms with van der Waals surface area (Å²) in [7, 11) is -3.81. The summed E-state index contributed by atoms with van der Waals surface area (Å²) < 4.78 is 61.3. The van der Waals surface area contributed by atoms with Crippen molar-refractivity contribution in [3.63, 3.8) is 0 Å². The Labute approximate surface area is 107 Å². The predicted molar refractivity (Wildman–Crippen MR) is 63.1 cm³/mol. The molecule has 8 heteroatoms. The van der Waals surface area contributed by atoms with Gasteiger partial charge in [0.2, 0.25) is 0 Å². The summed E-state index contributed by atoms with van der Waals surface area (Å²) >= 11 is 0.465. The lowest BCUT2D eigenvalue weighted by Crippen LogP contribution is -2.30. The molecule has 1 aromatic rings. The van der Waals surface area contributed by atoms with Gasteiger partial charge >= 0.3 is 6.18 Å². The number of alkyl halides is 3. The van der Waals surface area contributed by atoms with E-state index >= 15 is 0 Å². The van der Waals surface area contributed by atoms with E-state index in [1.165, 1.54) is 19.2 Å². The molecule has 104 valence electrons. The second kappa shape index (κ2) is 5.18. The fraction of sp³-hybridized carbons (Fsp3) is 0.600. The molecule has 0 saturated carbocycles. The minimum absolute atomic E-state index is 0.264. The summed E-state index contributed by atoms with van der Waals surface area (Å²) in [6, 6.07) is 1.15. The van der Waals surface area contributed by atoms with Crippen LogP contribution in [0, 0.1) is 0 Å². The van der Waals surface area contributed by atoms with Crippen molar-refractivity contribution in [1.29, 1.82) is 0 Å². The highest BCUT2D eigenvalue weighted by Crippen LogP contribution is 2.37. The summed E-state index contributed by atoms with van der Waals surface area (Å²) in [4.78, 5) is -0.899. The molecule has 0 spiro atoms. The first-order valence-corrected chi connectivity index (χ1v) is 7.68. The zero-order chi connectivity index (χ0) is 14.1. The van der Waals surface area contributed by atoms with Crippen molar-refractivity contribution in [2.45, 2.75) is 37.1 Å². The van der Waals surface area contributed by atoms with Crippen LogP contribution >= 0.6 is 11.3 Å². The largest absolute Gasteiger partial charge is 0.425 e. The summed E-state index contributed by atoms with van der Waals surface area (Å²) in [5.41, 5.74) is -0.264. The number of thiophene rings is 1. The van der Waals surface area contributed by atoms with E-state index in [0.29, 0.717) is 11.3 Å². The van der Waals surface area contributed by atoms with E-state index in [4.69, 9.17) is 0 Å². The SMILES string of the molecule is C[C@@H](O)[C@H](C)S(=O)(=O)Cc1ccsc1C(F)(F)F. The second-order valence-corrected chi connectivity index (χ2v) is 7.30. The number of hydrogen-bond acceptors (Lipinski definition) is 4. The van der Waals surface area contributed by atoms with Crippen LogP contribution < -0.4 is 0 Å². The van der Waals surface area contributed by atoms with Gasteiger partial charge in [0.1, 0.15) is 4.88 Å². The Balaban J connectivity index is 3.03. The standard InChI is InChI=1S/C10H13F3O3S2/c1-6(14)7(2)18(15,16)5-8-3-4-17-9(8)10(11,12)13/h3-4,6-7,14H,5H2,1-2H3/t6-,7+/m1/s1. The Bertz CT molecular complexity index is 503. The fourth-order valence-electron chi connectivity index (χ4n) is 1.35. The first kappa shape index (κ1) is 15.5. The Hall–Kier alpha value is -0.600. The van der Waals surface area contributed by atoms with Crippen molar-refractivity contribution >= 4 is 21.2 Å². The zero-order valence-electron chi connectivity index (χ0n) is 9.73. The first-order chi connectivity index (χ1) is 8.05. The van der Waals surface area contributed by atoms with Gasteiger partial charge in [-0.3, -0.25) is 0 Å². The Kier molecular flexibility index (Phi) is 4.45. The van der Waals surface area contributed by atoms with E-state index in [-0.39, 0.29) is 5.56 Å². The van der Waals surface area contributed by atoms with Crippen LogP contribution in [0.2, 0.25) is 0 Å².